The number of rotatable bonds is 6. The fourth-order valence-corrected chi connectivity index (χ4v) is 3.60. The van der Waals surface area contributed by atoms with E-state index in [-0.39, 0.29) is 17.6 Å². The number of nitro benzene ring substituents is 1. The molecule has 0 radical (unpaired) electrons. The highest BCUT2D eigenvalue weighted by molar-refractivity contribution is 5.95. The minimum Gasteiger partial charge on any atom is -0.377 e. The van der Waals surface area contributed by atoms with Crippen LogP contribution in [0.3, 0.4) is 0 Å². The fourth-order valence-electron chi connectivity index (χ4n) is 3.60. The molecule has 1 amide bonds. The van der Waals surface area contributed by atoms with Gasteiger partial charge in [0.2, 0.25) is 0 Å². The molecule has 0 atom stereocenters. The lowest BCUT2D eigenvalue weighted by Crippen LogP contribution is -2.40. The molecule has 1 aliphatic carbocycles. The van der Waals surface area contributed by atoms with Crippen molar-refractivity contribution in [1.29, 1.82) is 0 Å². The molecule has 154 valence electrons. The van der Waals surface area contributed by atoms with Crippen LogP contribution in [0.1, 0.15) is 41.7 Å². The van der Waals surface area contributed by atoms with Crippen molar-refractivity contribution in [3.63, 3.8) is 0 Å². The standard InChI is InChI=1S/C21H27N5O3/c1-14-11-19(25(2)3)13-20(22-14)23-16-7-9-17(10-8-16)24-21(27)15-5-4-6-18(12-15)26(28)29/h4-6,11-13,16-17H,7-10H2,1-3H3,(H,22,23)(H,24,27)/t16-,17+. The lowest BCUT2D eigenvalue weighted by atomic mass is 9.91. The van der Waals surface area contributed by atoms with Crippen LogP contribution >= 0.6 is 0 Å². The summed E-state index contributed by atoms with van der Waals surface area (Å²) in [7, 11) is 4.02. The SMILES string of the molecule is Cc1cc(N(C)C)cc(N[C@H]2CC[C@@H](NC(=O)c3cccc([N+](=O)[O-])c3)CC2)n1. The largest absolute Gasteiger partial charge is 0.377 e. The Labute approximate surface area is 170 Å². The van der Waals surface area contributed by atoms with E-state index in [2.05, 4.69) is 20.5 Å². The van der Waals surface area contributed by atoms with Gasteiger partial charge in [-0.1, -0.05) is 6.07 Å². The van der Waals surface area contributed by atoms with E-state index < -0.39 is 4.92 Å². The molecule has 0 bridgehead atoms. The number of benzene rings is 1. The quantitative estimate of drug-likeness (QED) is 0.571. The second-order valence-corrected chi connectivity index (χ2v) is 7.72. The summed E-state index contributed by atoms with van der Waals surface area (Å²) in [6.07, 6.45) is 3.55. The number of nitrogens with one attached hydrogen (secondary N) is 2. The summed E-state index contributed by atoms with van der Waals surface area (Å²) in [5.41, 5.74) is 2.32. The minimum absolute atomic E-state index is 0.0719. The van der Waals surface area contributed by atoms with Crippen LogP contribution in [0, 0.1) is 17.0 Å². The fraction of sp³-hybridized carbons (Fsp3) is 0.429. The lowest BCUT2D eigenvalue weighted by Gasteiger charge is -2.30. The van der Waals surface area contributed by atoms with E-state index in [1.54, 1.807) is 6.07 Å². The number of hydrogen-bond acceptors (Lipinski definition) is 6. The van der Waals surface area contributed by atoms with Gasteiger partial charge >= 0.3 is 0 Å². The summed E-state index contributed by atoms with van der Waals surface area (Å²) < 4.78 is 0. The summed E-state index contributed by atoms with van der Waals surface area (Å²) in [4.78, 5) is 29.5. The van der Waals surface area contributed by atoms with Crippen LogP contribution < -0.4 is 15.5 Å². The number of aryl methyl sites for hydroxylation is 1. The third kappa shape index (κ3) is 5.43. The van der Waals surface area contributed by atoms with E-state index >= 15 is 0 Å². The molecular weight excluding hydrogens is 370 g/mol. The van der Waals surface area contributed by atoms with Crippen molar-refractivity contribution in [1.82, 2.24) is 10.3 Å². The molecule has 1 heterocycles. The molecule has 29 heavy (non-hydrogen) atoms. The second-order valence-electron chi connectivity index (χ2n) is 7.72. The number of nitro groups is 1. The Bertz CT molecular complexity index is 892. The number of hydrogen-bond donors (Lipinski definition) is 2. The average molecular weight is 397 g/mol. The average Bonchev–Trinajstić information content (AvgIpc) is 2.69. The van der Waals surface area contributed by atoms with Crippen LogP contribution in [-0.4, -0.2) is 42.0 Å². The monoisotopic (exact) mass is 397 g/mol. The zero-order valence-corrected chi connectivity index (χ0v) is 17.0. The van der Waals surface area contributed by atoms with Gasteiger partial charge in [0.25, 0.3) is 11.6 Å². The van der Waals surface area contributed by atoms with Crippen LogP contribution in [0.15, 0.2) is 36.4 Å². The Morgan fingerprint density at radius 3 is 2.48 bits per heavy atom. The molecule has 0 saturated heterocycles. The highest BCUT2D eigenvalue weighted by Gasteiger charge is 2.23. The number of non-ortho nitro benzene ring substituents is 1. The lowest BCUT2D eigenvalue weighted by molar-refractivity contribution is -0.384. The minimum atomic E-state index is -0.491. The summed E-state index contributed by atoms with van der Waals surface area (Å²) in [6, 6.07) is 10.3. The van der Waals surface area contributed by atoms with Crippen molar-refractivity contribution in [3.8, 4) is 0 Å². The van der Waals surface area contributed by atoms with Crippen LogP contribution in [0.2, 0.25) is 0 Å². The van der Waals surface area contributed by atoms with Crippen LogP contribution in [0.4, 0.5) is 17.2 Å². The molecule has 8 nitrogen and oxygen atoms in total. The van der Waals surface area contributed by atoms with Gasteiger partial charge in [0.15, 0.2) is 0 Å². The molecule has 1 aliphatic rings. The van der Waals surface area contributed by atoms with Gasteiger partial charge in [0.05, 0.1) is 4.92 Å². The first-order valence-electron chi connectivity index (χ1n) is 9.79. The molecule has 1 fully saturated rings. The van der Waals surface area contributed by atoms with Gasteiger partial charge in [-0.3, -0.25) is 14.9 Å². The van der Waals surface area contributed by atoms with Crippen molar-refractivity contribution in [2.75, 3.05) is 24.3 Å². The summed E-state index contributed by atoms with van der Waals surface area (Å²) in [6.45, 7) is 1.98. The van der Waals surface area contributed by atoms with Gasteiger partial charge in [-0.05, 0) is 44.7 Å². The zero-order valence-electron chi connectivity index (χ0n) is 17.0. The number of nitrogens with zero attached hydrogens (tertiary/aromatic N) is 3. The van der Waals surface area contributed by atoms with Crippen molar-refractivity contribution in [2.45, 2.75) is 44.7 Å². The molecule has 0 spiro atoms. The molecule has 3 rings (SSSR count). The van der Waals surface area contributed by atoms with Crippen LogP contribution in [0.5, 0.6) is 0 Å². The van der Waals surface area contributed by atoms with E-state index in [0.717, 1.165) is 42.9 Å². The molecular formula is C21H27N5O3. The zero-order chi connectivity index (χ0) is 21.0. The van der Waals surface area contributed by atoms with Crippen molar-refractivity contribution < 1.29 is 9.72 Å². The second kappa shape index (κ2) is 8.89. The maximum atomic E-state index is 12.4. The summed E-state index contributed by atoms with van der Waals surface area (Å²) >= 11 is 0. The highest BCUT2D eigenvalue weighted by Crippen LogP contribution is 2.24. The summed E-state index contributed by atoms with van der Waals surface area (Å²) in [5.74, 6) is 0.610. The molecule has 2 N–H and O–H groups in total. The molecule has 1 saturated carbocycles. The number of aromatic nitrogens is 1. The molecule has 0 unspecified atom stereocenters. The molecule has 2 aromatic rings. The topological polar surface area (TPSA) is 100 Å². The van der Waals surface area contributed by atoms with Crippen molar-refractivity contribution in [2.24, 2.45) is 0 Å². The Hall–Kier alpha value is -3.16. The number of anilines is 2. The molecule has 1 aromatic carbocycles. The maximum absolute atomic E-state index is 12.4. The van der Waals surface area contributed by atoms with Crippen LogP contribution in [0.25, 0.3) is 0 Å². The van der Waals surface area contributed by atoms with E-state index in [1.165, 1.54) is 18.2 Å². The van der Waals surface area contributed by atoms with Gasteiger partial charge < -0.3 is 15.5 Å². The van der Waals surface area contributed by atoms with Gasteiger partial charge in [-0.15, -0.1) is 0 Å². The number of carbonyl (C=O) groups excluding carboxylic acids is 1. The molecule has 8 heteroatoms. The van der Waals surface area contributed by atoms with E-state index in [9.17, 15) is 14.9 Å². The third-order valence-electron chi connectivity index (χ3n) is 5.19. The Morgan fingerprint density at radius 2 is 1.83 bits per heavy atom. The third-order valence-corrected chi connectivity index (χ3v) is 5.19. The van der Waals surface area contributed by atoms with E-state index in [4.69, 9.17) is 0 Å². The highest BCUT2D eigenvalue weighted by atomic mass is 16.6. The smallest absolute Gasteiger partial charge is 0.270 e. The van der Waals surface area contributed by atoms with E-state index in [1.807, 2.05) is 33.2 Å². The van der Waals surface area contributed by atoms with Crippen molar-refractivity contribution >= 4 is 23.1 Å². The Balaban J connectivity index is 1.54. The van der Waals surface area contributed by atoms with Gasteiger partial charge in [-0.25, -0.2) is 4.98 Å². The first kappa shape index (κ1) is 20.6. The van der Waals surface area contributed by atoms with Gasteiger partial charge in [0, 0.05) is 61.3 Å². The Kier molecular flexibility index (Phi) is 6.31. The molecule has 1 aromatic heterocycles. The maximum Gasteiger partial charge on any atom is 0.270 e. The van der Waals surface area contributed by atoms with Gasteiger partial charge in [0.1, 0.15) is 5.82 Å². The van der Waals surface area contributed by atoms with Crippen LogP contribution in [-0.2, 0) is 0 Å². The van der Waals surface area contributed by atoms with Crippen molar-refractivity contribution in [3.05, 3.63) is 57.8 Å². The predicted octanol–water partition coefficient (Wildman–Crippen LogP) is 3.52. The number of pyridine rings is 1. The predicted molar refractivity (Wildman–Crippen MR) is 114 cm³/mol. The number of carbonyl (C=O) groups is 1. The first-order chi connectivity index (χ1) is 13.8. The van der Waals surface area contributed by atoms with E-state index in [0.29, 0.717) is 11.6 Å². The first-order valence-corrected chi connectivity index (χ1v) is 9.79. The number of amides is 1. The Morgan fingerprint density at radius 1 is 1.14 bits per heavy atom. The summed E-state index contributed by atoms with van der Waals surface area (Å²) in [5, 5.41) is 17.4. The molecule has 0 aliphatic heterocycles. The normalized spacial score (nSPS) is 18.7. The van der Waals surface area contributed by atoms with Gasteiger partial charge in [-0.2, -0.15) is 0 Å².